The standard InChI is InChI=1S/C14H19NO5/c1-8(16)20-11-6-5-9(7-10(11)17)12(15)14(2,3)13(18)19-4/h5-7,12,17H,15H2,1-4H3/t12-/m1/s1. The summed E-state index contributed by atoms with van der Waals surface area (Å²) in [5, 5.41) is 9.80. The number of carbonyl (C=O) groups is 2. The summed E-state index contributed by atoms with van der Waals surface area (Å²) in [4.78, 5) is 22.6. The Morgan fingerprint density at radius 3 is 2.40 bits per heavy atom. The number of hydrogen-bond acceptors (Lipinski definition) is 6. The number of nitrogens with two attached hydrogens (primary N) is 1. The largest absolute Gasteiger partial charge is 0.504 e. The molecule has 1 aromatic rings. The number of phenols is 1. The molecule has 0 saturated carbocycles. The van der Waals surface area contributed by atoms with E-state index in [9.17, 15) is 14.7 Å². The van der Waals surface area contributed by atoms with Crippen LogP contribution in [0.15, 0.2) is 18.2 Å². The Hall–Kier alpha value is -2.08. The van der Waals surface area contributed by atoms with Gasteiger partial charge in [-0.2, -0.15) is 0 Å². The molecule has 1 atom stereocenters. The lowest BCUT2D eigenvalue weighted by atomic mass is 9.81. The van der Waals surface area contributed by atoms with Crippen molar-refractivity contribution in [3.8, 4) is 11.5 Å². The van der Waals surface area contributed by atoms with Crippen LogP contribution in [-0.2, 0) is 14.3 Å². The maximum Gasteiger partial charge on any atom is 0.313 e. The molecule has 0 saturated heterocycles. The molecule has 0 aliphatic carbocycles. The van der Waals surface area contributed by atoms with Crippen molar-refractivity contribution in [1.29, 1.82) is 0 Å². The zero-order valence-corrected chi connectivity index (χ0v) is 12.0. The molecule has 0 aliphatic heterocycles. The molecule has 3 N–H and O–H groups in total. The van der Waals surface area contributed by atoms with Crippen molar-refractivity contribution < 1.29 is 24.2 Å². The van der Waals surface area contributed by atoms with Crippen LogP contribution < -0.4 is 10.5 Å². The van der Waals surface area contributed by atoms with Gasteiger partial charge in [0, 0.05) is 13.0 Å². The summed E-state index contributed by atoms with van der Waals surface area (Å²) >= 11 is 0. The molecule has 1 aromatic carbocycles. The van der Waals surface area contributed by atoms with Crippen LogP contribution >= 0.6 is 0 Å². The summed E-state index contributed by atoms with van der Waals surface area (Å²) in [5.41, 5.74) is 5.63. The van der Waals surface area contributed by atoms with E-state index in [1.807, 2.05) is 0 Å². The highest BCUT2D eigenvalue weighted by molar-refractivity contribution is 5.77. The van der Waals surface area contributed by atoms with E-state index in [1.165, 1.54) is 26.2 Å². The zero-order valence-electron chi connectivity index (χ0n) is 12.0. The monoisotopic (exact) mass is 281 g/mol. The van der Waals surface area contributed by atoms with E-state index in [4.69, 9.17) is 15.2 Å². The fourth-order valence-electron chi connectivity index (χ4n) is 1.78. The predicted octanol–water partition coefficient (Wildman–Crippen LogP) is 1.52. The van der Waals surface area contributed by atoms with Crippen molar-refractivity contribution >= 4 is 11.9 Å². The number of hydrogen-bond donors (Lipinski definition) is 2. The first kappa shape index (κ1) is 16.0. The number of phenolic OH excluding ortho intramolecular Hbond substituents is 1. The van der Waals surface area contributed by atoms with Gasteiger partial charge >= 0.3 is 11.9 Å². The highest BCUT2D eigenvalue weighted by atomic mass is 16.5. The minimum atomic E-state index is -0.954. The van der Waals surface area contributed by atoms with Gasteiger partial charge in [-0.15, -0.1) is 0 Å². The van der Waals surface area contributed by atoms with Crippen LogP contribution in [-0.4, -0.2) is 24.2 Å². The Morgan fingerprint density at radius 2 is 1.95 bits per heavy atom. The second-order valence-corrected chi connectivity index (χ2v) is 5.01. The average molecular weight is 281 g/mol. The molecule has 1 rings (SSSR count). The summed E-state index contributed by atoms with van der Waals surface area (Å²) < 4.78 is 9.53. The van der Waals surface area contributed by atoms with Crippen LogP contribution in [0.25, 0.3) is 0 Å². The normalized spacial score (nSPS) is 12.7. The van der Waals surface area contributed by atoms with Crippen LogP contribution in [0.3, 0.4) is 0 Å². The van der Waals surface area contributed by atoms with Crippen molar-refractivity contribution in [3.05, 3.63) is 23.8 Å². The lowest BCUT2D eigenvalue weighted by molar-refractivity contribution is -0.152. The van der Waals surface area contributed by atoms with Crippen molar-refractivity contribution in [2.24, 2.45) is 11.1 Å². The first-order valence-corrected chi connectivity index (χ1v) is 6.05. The Kier molecular flexibility index (Phi) is 4.73. The van der Waals surface area contributed by atoms with Gasteiger partial charge in [0.05, 0.1) is 12.5 Å². The third-order valence-electron chi connectivity index (χ3n) is 3.08. The van der Waals surface area contributed by atoms with Gasteiger partial charge in [0.2, 0.25) is 0 Å². The third kappa shape index (κ3) is 3.27. The number of methoxy groups -OCH3 is 1. The van der Waals surface area contributed by atoms with Crippen molar-refractivity contribution in [3.63, 3.8) is 0 Å². The second-order valence-electron chi connectivity index (χ2n) is 5.01. The fraction of sp³-hybridized carbons (Fsp3) is 0.429. The topological polar surface area (TPSA) is 98.9 Å². The Labute approximate surface area is 117 Å². The first-order chi connectivity index (χ1) is 9.20. The molecule has 6 heteroatoms. The highest BCUT2D eigenvalue weighted by Gasteiger charge is 2.36. The van der Waals surface area contributed by atoms with Crippen molar-refractivity contribution in [2.75, 3.05) is 7.11 Å². The number of carbonyl (C=O) groups excluding carboxylic acids is 2. The van der Waals surface area contributed by atoms with Gasteiger partial charge in [-0.25, -0.2) is 0 Å². The van der Waals surface area contributed by atoms with E-state index in [-0.39, 0.29) is 11.5 Å². The van der Waals surface area contributed by atoms with Gasteiger partial charge in [0.15, 0.2) is 11.5 Å². The van der Waals surface area contributed by atoms with Crippen LogP contribution in [0.1, 0.15) is 32.4 Å². The molecule has 0 spiro atoms. The molecule has 20 heavy (non-hydrogen) atoms. The molecule has 6 nitrogen and oxygen atoms in total. The summed E-state index contributed by atoms with van der Waals surface area (Å²) in [5.74, 6) is -1.15. The van der Waals surface area contributed by atoms with Gasteiger partial charge < -0.3 is 20.3 Å². The van der Waals surface area contributed by atoms with Gasteiger partial charge in [0.25, 0.3) is 0 Å². The Balaban J connectivity index is 3.06. The van der Waals surface area contributed by atoms with E-state index in [1.54, 1.807) is 19.9 Å². The van der Waals surface area contributed by atoms with Crippen LogP contribution in [0.5, 0.6) is 11.5 Å². The van der Waals surface area contributed by atoms with Gasteiger partial charge in [-0.1, -0.05) is 6.07 Å². The molecule has 0 aliphatic rings. The smallest absolute Gasteiger partial charge is 0.313 e. The molecule has 0 bridgehead atoms. The predicted molar refractivity (Wildman–Crippen MR) is 72.1 cm³/mol. The van der Waals surface area contributed by atoms with E-state index in [0.717, 1.165) is 0 Å². The summed E-state index contributed by atoms with van der Waals surface area (Å²) in [6.07, 6.45) is 0. The minimum Gasteiger partial charge on any atom is -0.504 e. The number of rotatable bonds is 4. The summed E-state index contributed by atoms with van der Waals surface area (Å²) in [7, 11) is 1.29. The van der Waals surface area contributed by atoms with Gasteiger partial charge in [-0.05, 0) is 31.5 Å². The third-order valence-corrected chi connectivity index (χ3v) is 3.08. The molecule has 0 unspecified atom stereocenters. The SMILES string of the molecule is COC(=O)C(C)(C)[C@H](N)c1ccc(OC(C)=O)c(O)c1. The van der Waals surface area contributed by atoms with Crippen LogP contribution in [0, 0.1) is 5.41 Å². The molecular formula is C14H19NO5. The van der Waals surface area contributed by atoms with E-state index in [0.29, 0.717) is 5.56 Å². The molecule has 110 valence electrons. The van der Waals surface area contributed by atoms with E-state index >= 15 is 0 Å². The quantitative estimate of drug-likeness (QED) is 0.641. The minimum absolute atomic E-state index is 0.0457. The maximum absolute atomic E-state index is 11.7. The van der Waals surface area contributed by atoms with Gasteiger partial charge in [-0.3, -0.25) is 9.59 Å². The maximum atomic E-state index is 11.7. The van der Waals surface area contributed by atoms with E-state index < -0.39 is 23.4 Å². The highest BCUT2D eigenvalue weighted by Crippen LogP contribution is 2.36. The van der Waals surface area contributed by atoms with Crippen LogP contribution in [0.4, 0.5) is 0 Å². The first-order valence-electron chi connectivity index (χ1n) is 6.05. The molecule has 0 fully saturated rings. The molecular weight excluding hydrogens is 262 g/mol. The van der Waals surface area contributed by atoms with Crippen LogP contribution in [0.2, 0.25) is 0 Å². The Bertz CT molecular complexity index is 524. The summed E-state index contributed by atoms with van der Waals surface area (Å²) in [6, 6.07) is 3.72. The average Bonchev–Trinajstić information content (AvgIpc) is 2.38. The Morgan fingerprint density at radius 1 is 1.35 bits per heavy atom. The number of aromatic hydroxyl groups is 1. The molecule has 0 heterocycles. The number of ether oxygens (including phenoxy) is 2. The lowest BCUT2D eigenvalue weighted by Crippen LogP contribution is -2.37. The van der Waals surface area contributed by atoms with E-state index in [2.05, 4.69) is 0 Å². The van der Waals surface area contributed by atoms with Crippen molar-refractivity contribution in [1.82, 2.24) is 0 Å². The lowest BCUT2D eigenvalue weighted by Gasteiger charge is -2.29. The molecule has 0 aromatic heterocycles. The number of benzene rings is 1. The molecule has 0 radical (unpaired) electrons. The fourth-order valence-corrected chi connectivity index (χ4v) is 1.78. The van der Waals surface area contributed by atoms with Crippen molar-refractivity contribution in [2.45, 2.75) is 26.8 Å². The second kappa shape index (κ2) is 5.92. The zero-order chi connectivity index (χ0) is 15.5. The molecule has 0 amide bonds. The summed E-state index contributed by atoms with van der Waals surface area (Å²) in [6.45, 7) is 4.54. The van der Waals surface area contributed by atoms with Gasteiger partial charge in [0.1, 0.15) is 0 Å². The number of esters is 2.